The van der Waals surface area contributed by atoms with Crippen LogP contribution in [0.15, 0.2) is 50.5 Å². The fraction of sp³-hybridized carbons (Fsp3) is 0.263. The molecule has 2 heterocycles. The monoisotopic (exact) mass is 482 g/mol. The Bertz CT molecular complexity index is 1410. The second-order valence-corrected chi connectivity index (χ2v) is 9.07. The molecule has 0 bridgehead atoms. The number of aromatic nitrogens is 1. The van der Waals surface area contributed by atoms with Gasteiger partial charge in [-0.05, 0) is 18.2 Å². The van der Waals surface area contributed by atoms with Crippen LogP contribution in [0, 0.1) is 21.7 Å². The summed E-state index contributed by atoms with van der Waals surface area (Å²) in [5.74, 6) is -3.82. The lowest BCUT2D eigenvalue weighted by atomic mass is 10.3. The highest BCUT2D eigenvalue weighted by Crippen LogP contribution is 2.24. The Morgan fingerprint density at radius 1 is 1.09 bits per heavy atom. The highest BCUT2D eigenvalue weighted by atomic mass is 32.2. The zero-order chi connectivity index (χ0) is 23.9. The highest BCUT2D eigenvalue weighted by molar-refractivity contribution is 7.89. The number of oxazole rings is 1. The molecule has 14 heteroatoms. The Balaban J connectivity index is 1.48. The Morgan fingerprint density at radius 2 is 1.73 bits per heavy atom. The van der Waals surface area contributed by atoms with Crippen molar-refractivity contribution in [2.75, 3.05) is 26.2 Å². The summed E-state index contributed by atoms with van der Waals surface area (Å²) in [6.45, 7) is -0.962. The number of piperazine rings is 1. The normalized spacial score (nSPS) is 15.2. The standard InChI is InChI=1S/C19H16F2N4O7S/c20-13-2-1-3-14(21)18(13)33(30,31)23-8-6-22(7-9-23)17(26)11-24-15-5-4-12(25(28)29)10-16(15)32-19(24)27/h1-5,10H,6-9,11H2. The van der Waals surface area contributed by atoms with Gasteiger partial charge in [0.15, 0.2) is 10.5 Å². The van der Waals surface area contributed by atoms with E-state index in [9.17, 15) is 36.9 Å². The number of amides is 1. The molecule has 1 aromatic heterocycles. The molecule has 0 N–H and O–H groups in total. The number of sulfonamides is 1. The minimum Gasteiger partial charge on any atom is -0.407 e. The van der Waals surface area contributed by atoms with E-state index in [0.717, 1.165) is 33.1 Å². The van der Waals surface area contributed by atoms with Gasteiger partial charge in [0.2, 0.25) is 15.9 Å². The number of halogens is 2. The van der Waals surface area contributed by atoms with E-state index in [0.29, 0.717) is 0 Å². The molecule has 4 rings (SSSR count). The number of hydrogen-bond donors (Lipinski definition) is 0. The van der Waals surface area contributed by atoms with Gasteiger partial charge in [0.05, 0.1) is 16.5 Å². The first-order valence-electron chi connectivity index (χ1n) is 9.59. The Hall–Kier alpha value is -3.65. The van der Waals surface area contributed by atoms with Gasteiger partial charge in [0, 0.05) is 32.2 Å². The fourth-order valence-electron chi connectivity index (χ4n) is 3.59. The molecular weight excluding hydrogens is 466 g/mol. The molecule has 1 fully saturated rings. The lowest BCUT2D eigenvalue weighted by Gasteiger charge is -2.34. The average Bonchev–Trinajstić information content (AvgIpc) is 3.07. The Morgan fingerprint density at radius 3 is 2.33 bits per heavy atom. The van der Waals surface area contributed by atoms with Crippen LogP contribution < -0.4 is 5.76 Å². The van der Waals surface area contributed by atoms with Crippen LogP contribution in [-0.4, -0.2) is 59.2 Å². The van der Waals surface area contributed by atoms with E-state index < -0.39 is 49.7 Å². The quantitative estimate of drug-likeness (QED) is 0.395. The van der Waals surface area contributed by atoms with E-state index in [2.05, 4.69) is 0 Å². The predicted octanol–water partition coefficient (Wildman–Crippen LogP) is 1.31. The first-order valence-corrected chi connectivity index (χ1v) is 11.0. The van der Waals surface area contributed by atoms with E-state index >= 15 is 0 Å². The van der Waals surface area contributed by atoms with E-state index in [-0.39, 0.29) is 43.0 Å². The molecule has 2 aromatic carbocycles. The molecule has 33 heavy (non-hydrogen) atoms. The van der Waals surface area contributed by atoms with Gasteiger partial charge in [-0.1, -0.05) is 6.07 Å². The summed E-state index contributed by atoms with van der Waals surface area (Å²) in [7, 11) is -4.45. The number of rotatable bonds is 5. The summed E-state index contributed by atoms with van der Waals surface area (Å²) in [6.07, 6.45) is 0. The maximum absolute atomic E-state index is 14.0. The summed E-state index contributed by atoms with van der Waals surface area (Å²) < 4.78 is 60.1. The van der Waals surface area contributed by atoms with Crippen molar-refractivity contribution in [1.82, 2.24) is 13.8 Å². The van der Waals surface area contributed by atoms with Gasteiger partial charge in [0.1, 0.15) is 18.2 Å². The molecule has 0 radical (unpaired) electrons. The molecular formula is C19H16F2N4O7S. The molecule has 1 amide bonds. The van der Waals surface area contributed by atoms with E-state index in [1.54, 1.807) is 0 Å². The van der Waals surface area contributed by atoms with Crippen molar-refractivity contribution in [3.05, 3.63) is 68.7 Å². The smallest absolute Gasteiger partial charge is 0.407 e. The Kier molecular flexibility index (Phi) is 5.71. The third-order valence-corrected chi connectivity index (χ3v) is 7.22. The van der Waals surface area contributed by atoms with Crippen molar-refractivity contribution < 1.29 is 31.3 Å². The third kappa shape index (κ3) is 4.09. The van der Waals surface area contributed by atoms with Crippen LogP contribution in [0.1, 0.15) is 0 Å². The van der Waals surface area contributed by atoms with Crippen LogP contribution in [0.4, 0.5) is 14.5 Å². The van der Waals surface area contributed by atoms with Gasteiger partial charge in [0.25, 0.3) is 5.69 Å². The van der Waals surface area contributed by atoms with Crippen LogP contribution in [-0.2, 0) is 21.4 Å². The SMILES string of the molecule is O=C(Cn1c(=O)oc2cc([N+](=O)[O-])ccc21)N1CCN(S(=O)(=O)c2c(F)cccc2F)CC1. The number of non-ortho nitro benzene ring substituents is 1. The molecule has 11 nitrogen and oxygen atoms in total. The van der Waals surface area contributed by atoms with Crippen molar-refractivity contribution in [3.8, 4) is 0 Å². The van der Waals surface area contributed by atoms with Gasteiger partial charge in [-0.15, -0.1) is 0 Å². The number of benzene rings is 2. The number of nitro benzene ring substituents is 1. The molecule has 3 aromatic rings. The number of nitrogens with zero attached hydrogens (tertiary/aromatic N) is 4. The molecule has 0 saturated carbocycles. The second-order valence-electron chi connectivity index (χ2n) is 7.20. The fourth-order valence-corrected chi connectivity index (χ4v) is 5.12. The first kappa shape index (κ1) is 22.5. The van der Waals surface area contributed by atoms with Gasteiger partial charge in [-0.3, -0.25) is 19.5 Å². The number of carbonyl (C=O) groups is 1. The minimum atomic E-state index is -4.45. The molecule has 1 aliphatic rings. The van der Waals surface area contributed by atoms with Crippen molar-refractivity contribution in [2.24, 2.45) is 0 Å². The molecule has 174 valence electrons. The van der Waals surface area contributed by atoms with Crippen molar-refractivity contribution >= 4 is 32.7 Å². The van der Waals surface area contributed by atoms with Gasteiger partial charge >= 0.3 is 5.76 Å². The average molecular weight is 482 g/mol. The van der Waals surface area contributed by atoms with Crippen molar-refractivity contribution in [3.63, 3.8) is 0 Å². The Labute approximate surface area is 184 Å². The summed E-state index contributed by atoms with van der Waals surface area (Å²) >= 11 is 0. The number of fused-ring (bicyclic) bond motifs is 1. The van der Waals surface area contributed by atoms with E-state index in [1.165, 1.54) is 17.0 Å². The molecule has 0 spiro atoms. The van der Waals surface area contributed by atoms with Gasteiger partial charge in [-0.25, -0.2) is 22.0 Å². The van der Waals surface area contributed by atoms with Gasteiger partial charge in [-0.2, -0.15) is 4.31 Å². The third-order valence-electron chi connectivity index (χ3n) is 5.26. The molecule has 0 atom stereocenters. The maximum Gasteiger partial charge on any atom is 0.420 e. The van der Waals surface area contributed by atoms with Crippen LogP contribution in [0.3, 0.4) is 0 Å². The van der Waals surface area contributed by atoms with E-state index in [1.807, 2.05) is 0 Å². The zero-order valence-corrected chi connectivity index (χ0v) is 17.6. The first-order chi connectivity index (χ1) is 15.6. The largest absolute Gasteiger partial charge is 0.420 e. The molecule has 1 aliphatic heterocycles. The van der Waals surface area contributed by atoms with Crippen molar-refractivity contribution in [2.45, 2.75) is 11.4 Å². The topological polar surface area (TPSA) is 136 Å². The van der Waals surface area contributed by atoms with Crippen LogP contribution in [0.5, 0.6) is 0 Å². The molecule has 1 saturated heterocycles. The maximum atomic E-state index is 14.0. The van der Waals surface area contributed by atoms with Crippen LogP contribution in [0.25, 0.3) is 11.1 Å². The second kappa shape index (κ2) is 8.37. The molecule has 0 unspecified atom stereocenters. The number of hydrogen-bond acceptors (Lipinski definition) is 7. The summed E-state index contributed by atoms with van der Waals surface area (Å²) in [5.41, 5.74) is -0.140. The summed E-state index contributed by atoms with van der Waals surface area (Å²) in [6, 6.07) is 6.28. The number of nitro groups is 1. The lowest BCUT2D eigenvalue weighted by Crippen LogP contribution is -2.51. The van der Waals surface area contributed by atoms with Gasteiger partial charge < -0.3 is 9.32 Å². The van der Waals surface area contributed by atoms with E-state index in [4.69, 9.17) is 4.42 Å². The summed E-state index contributed by atoms with van der Waals surface area (Å²) in [5, 5.41) is 10.9. The zero-order valence-electron chi connectivity index (χ0n) is 16.8. The minimum absolute atomic E-state index is 0.0511. The molecule has 0 aliphatic carbocycles. The summed E-state index contributed by atoms with van der Waals surface area (Å²) in [4.78, 5) is 35.3. The lowest BCUT2D eigenvalue weighted by molar-refractivity contribution is -0.384. The predicted molar refractivity (Wildman–Crippen MR) is 109 cm³/mol. The highest BCUT2D eigenvalue weighted by Gasteiger charge is 2.34. The van der Waals surface area contributed by atoms with Crippen LogP contribution in [0.2, 0.25) is 0 Å². The van der Waals surface area contributed by atoms with Crippen molar-refractivity contribution in [1.29, 1.82) is 0 Å². The van der Waals surface area contributed by atoms with Crippen LogP contribution >= 0.6 is 0 Å². The number of carbonyl (C=O) groups excluding carboxylic acids is 1.